The third-order valence-electron chi connectivity index (χ3n) is 6.85. The number of likely N-dealkylation sites (tertiary alicyclic amines) is 1. The van der Waals surface area contributed by atoms with Crippen LogP contribution in [0.1, 0.15) is 37.8 Å². The molecule has 0 bridgehead atoms. The van der Waals surface area contributed by atoms with Crippen LogP contribution < -0.4 is 15.1 Å². The van der Waals surface area contributed by atoms with E-state index < -0.39 is 0 Å². The Bertz CT molecular complexity index is 1110. The van der Waals surface area contributed by atoms with Crippen LogP contribution in [0.15, 0.2) is 66.0 Å². The predicted molar refractivity (Wildman–Crippen MR) is 133 cm³/mol. The summed E-state index contributed by atoms with van der Waals surface area (Å²) in [4.78, 5) is 31.6. The number of nitriles is 1. The Labute approximate surface area is 201 Å². The van der Waals surface area contributed by atoms with E-state index >= 15 is 0 Å². The van der Waals surface area contributed by atoms with E-state index in [4.69, 9.17) is 0 Å². The number of carbonyl (C=O) groups excluding carboxylic acids is 2. The molecule has 1 N–H and O–H groups in total. The lowest BCUT2D eigenvalue weighted by Gasteiger charge is -2.24. The van der Waals surface area contributed by atoms with Crippen molar-refractivity contribution < 1.29 is 9.59 Å². The maximum absolute atomic E-state index is 12.9. The van der Waals surface area contributed by atoms with Crippen molar-refractivity contribution in [3.63, 3.8) is 0 Å². The molecule has 2 aliphatic rings. The Kier molecular flexibility index (Phi) is 6.99. The minimum Gasteiger partial charge on any atom is -0.352 e. The van der Waals surface area contributed by atoms with Gasteiger partial charge in [-0.2, -0.15) is 5.26 Å². The summed E-state index contributed by atoms with van der Waals surface area (Å²) >= 11 is 0. The monoisotopic (exact) mass is 457 g/mol. The number of Topliss-reactive ketones (excluding diaryl/α,β-unsaturated/α-hetero) is 1. The van der Waals surface area contributed by atoms with Gasteiger partial charge in [0.1, 0.15) is 17.5 Å². The van der Waals surface area contributed by atoms with Crippen molar-refractivity contribution in [2.24, 2.45) is 0 Å². The Hall–Kier alpha value is -3.63. The zero-order valence-corrected chi connectivity index (χ0v) is 20.0. The van der Waals surface area contributed by atoms with Crippen LogP contribution in [0.2, 0.25) is 0 Å². The van der Waals surface area contributed by atoms with Crippen LogP contribution in [-0.2, 0) is 9.59 Å². The summed E-state index contributed by atoms with van der Waals surface area (Å²) in [7, 11) is 3.69. The first-order valence-corrected chi connectivity index (χ1v) is 11.7. The zero-order chi connectivity index (χ0) is 24.2. The van der Waals surface area contributed by atoms with Crippen LogP contribution in [0.5, 0.6) is 0 Å². The standard InChI is InChI=1S/C27H31N5O2/c1-19(20-9-5-4-6-10-20)32-16-15-21(18-32)29-26(34)14-13-25(33)22(17-28)27-30(2)23-11-7-8-12-24(23)31(27)3/h4-12,19,21H,13-16,18H2,1-3H3,(H,29,34). The molecule has 0 aromatic heterocycles. The highest BCUT2D eigenvalue weighted by atomic mass is 16.2. The van der Waals surface area contributed by atoms with Crippen LogP contribution in [-0.4, -0.2) is 49.8 Å². The number of ketones is 1. The van der Waals surface area contributed by atoms with E-state index in [2.05, 4.69) is 35.3 Å². The number of carbonyl (C=O) groups is 2. The molecule has 176 valence electrons. The van der Waals surface area contributed by atoms with Gasteiger partial charge in [-0.05, 0) is 31.0 Å². The lowest BCUT2D eigenvalue weighted by molar-refractivity contribution is -0.124. The molecule has 2 unspecified atom stereocenters. The van der Waals surface area contributed by atoms with E-state index in [0.717, 1.165) is 30.9 Å². The average Bonchev–Trinajstić information content (AvgIpc) is 3.42. The van der Waals surface area contributed by atoms with Gasteiger partial charge < -0.3 is 15.1 Å². The molecule has 2 atom stereocenters. The minimum atomic E-state index is -0.315. The molecule has 4 rings (SSSR count). The number of benzene rings is 2. The summed E-state index contributed by atoms with van der Waals surface area (Å²) in [6.07, 6.45) is 0.966. The summed E-state index contributed by atoms with van der Waals surface area (Å²) < 4.78 is 0. The molecule has 1 amide bonds. The van der Waals surface area contributed by atoms with Crippen LogP contribution in [0.3, 0.4) is 0 Å². The smallest absolute Gasteiger partial charge is 0.220 e. The van der Waals surface area contributed by atoms with Gasteiger partial charge in [-0.25, -0.2) is 0 Å². The fourth-order valence-electron chi connectivity index (χ4n) is 4.91. The minimum absolute atomic E-state index is 0.00705. The topological polar surface area (TPSA) is 79.7 Å². The van der Waals surface area contributed by atoms with Crippen molar-refractivity contribution in [2.75, 3.05) is 37.0 Å². The van der Waals surface area contributed by atoms with Gasteiger partial charge in [0.25, 0.3) is 0 Å². The van der Waals surface area contributed by atoms with Gasteiger partial charge >= 0.3 is 0 Å². The van der Waals surface area contributed by atoms with Crippen molar-refractivity contribution >= 4 is 23.1 Å². The van der Waals surface area contributed by atoms with E-state index in [9.17, 15) is 14.9 Å². The summed E-state index contributed by atoms with van der Waals surface area (Å²) in [6.45, 7) is 3.89. The molecular weight excluding hydrogens is 426 g/mol. The SMILES string of the molecule is CC(c1ccccc1)N1CCC(NC(=O)CCC(=O)C(C#N)=C2N(C)c3ccccc3N2C)C1. The van der Waals surface area contributed by atoms with Gasteiger partial charge in [0.2, 0.25) is 5.91 Å². The van der Waals surface area contributed by atoms with Crippen LogP contribution >= 0.6 is 0 Å². The van der Waals surface area contributed by atoms with E-state index in [1.807, 2.05) is 66.4 Å². The van der Waals surface area contributed by atoms with E-state index in [0.29, 0.717) is 11.9 Å². The highest BCUT2D eigenvalue weighted by Crippen LogP contribution is 2.40. The number of hydrogen-bond donors (Lipinski definition) is 1. The highest BCUT2D eigenvalue weighted by Gasteiger charge is 2.32. The molecule has 34 heavy (non-hydrogen) atoms. The predicted octanol–water partition coefficient (Wildman–Crippen LogP) is 3.61. The van der Waals surface area contributed by atoms with Crippen molar-refractivity contribution in [2.45, 2.75) is 38.3 Å². The highest BCUT2D eigenvalue weighted by molar-refractivity contribution is 6.03. The van der Waals surface area contributed by atoms with Crippen molar-refractivity contribution in [1.82, 2.24) is 10.2 Å². The average molecular weight is 458 g/mol. The van der Waals surface area contributed by atoms with Gasteiger partial charge in [0.15, 0.2) is 5.78 Å². The molecule has 2 aromatic rings. The quantitative estimate of drug-likeness (QED) is 0.505. The fourth-order valence-corrected chi connectivity index (χ4v) is 4.91. The zero-order valence-electron chi connectivity index (χ0n) is 20.0. The van der Waals surface area contributed by atoms with E-state index in [1.165, 1.54) is 5.56 Å². The Morgan fingerprint density at radius 1 is 1.03 bits per heavy atom. The molecule has 0 spiro atoms. The molecule has 0 saturated carbocycles. The third-order valence-corrected chi connectivity index (χ3v) is 6.85. The lowest BCUT2D eigenvalue weighted by Crippen LogP contribution is -2.37. The Morgan fingerprint density at radius 3 is 2.26 bits per heavy atom. The van der Waals surface area contributed by atoms with Gasteiger partial charge in [0, 0.05) is 52.1 Å². The number of nitrogens with one attached hydrogen (secondary N) is 1. The van der Waals surface area contributed by atoms with E-state index in [1.54, 1.807) is 0 Å². The molecule has 7 nitrogen and oxygen atoms in total. The number of nitrogens with zero attached hydrogens (tertiary/aromatic N) is 4. The third kappa shape index (κ3) is 4.68. The number of anilines is 2. The van der Waals surface area contributed by atoms with E-state index in [-0.39, 0.29) is 36.1 Å². The summed E-state index contributed by atoms with van der Waals surface area (Å²) in [5.41, 5.74) is 3.22. The Balaban J connectivity index is 1.32. The van der Waals surface area contributed by atoms with Crippen molar-refractivity contribution in [3.8, 4) is 6.07 Å². The number of para-hydroxylation sites is 2. The second-order valence-electron chi connectivity index (χ2n) is 8.98. The maximum Gasteiger partial charge on any atom is 0.220 e. The molecule has 0 aliphatic carbocycles. The number of hydrogen-bond acceptors (Lipinski definition) is 6. The van der Waals surface area contributed by atoms with Crippen LogP contribution in [0.4, 0.5) is 11.4 Å². The lowest BCUT2D eigenvalue weighted by atomic mass is 10.1. The Morgan fingerprint density at radius 2 is 1.65 bits per heavy atom. The normalized spacial score (nSPS) is 18.4. The molecule has 1 saturated heterocycles. The second kappa shape index (κ2) is 10.1. The summed E-state index contributed by atoms with van der Waals surface area (Å²) in [5.74, 6) is 0.0895. The molecule has 2 aliphatic heterocycles. The molecule has 1 fully saturated rings. The first kappa shape index (κ1) is 23.5. The van der Waals surface area contributed by atoms with Crippen molar-refractivity contribution in [1.29, 1.82) is 5.26 Å². The maximum atomic E-state index is 12.9. The first-order valence-electron chi connectivity index (χ1n) is 11.7. The molecule has 7 heteroatoms. The summed E-state index contributed by atoms with van der Waals surface area (Å²) in [6, 6.07) is 20.6. The fraction of sp³-hybridized carbons (Fsp3) is 0.370. The number of allylic oxidation sites excluding steroid dienone is 1. The van der Waals surface area contributed by atoms with Crippen molar-refractivity contribution in [3.05, 3.63) is 71.6 Å². The molecule has 0 radical (unpaired) electrons. The summed E-state index contributed by atoms with van der Waals surface area (Å²) in [5, 5.41) is 12.8. The second-order valence-corrected chi connectivity index (χ2v) is 8.98. The van der Waals surface area contributed by atoms with Crippen LogP contribution in [0.25, 0.3) is 0 Å². The number of fused-ring (bicyclic) bond motifs is 1. The van der Waals surface area contributed by atoms with Gasteiger partial charge in [-0.3, -0.25) is 14.5 Å². The van der Waals surface area contributed by atoms with Gasteiger partial charge in [-0.1, -0.05) is 42.5 Å². The van der Waals surface area contributed by atoms with Gasteiger partial charge in [-0.15, -0.1) is 0 Å². The first-order chi connectivity index (χ1) is 16.4. The number of rotatable bonds is 7. The molecule has 2 aromatic carbocycles. The largest absolute Gasteiger partial charge is 0.352 e. The number of amides is 1. The molecular formula is C27H31N5O2. The van der Waals surface area contributed by atoms with Gasteiger partial charge in [0.05, 0.1) is 11.4 Å². The molecule has 2 heterocycles. The van der Waals surface area contributed by atoms with Crippen LogP contribution in [0, 0.1) is 11.3 Å².